The van der Waals surface area contributed by atoms with E-state index in [9.17, 15) is 17.8 Å². The summed E-state index contributed by atoms with van der Waals surface area (Å²) in [5, 5.41) is -5.58. The van der Waals surface area contributed by atoms with Gasteiger partial charge in [-0.1, -0.05) is 127 Å². The van der Waals surface area contributed by atoms with Gasteiger partial charge in [0.15, 0.2) is 0 Å². The highest BCUT2D eigenvalue weighted by Gasteiger charge is 2.41. The van der Waals surface area contributed by atoms with Gasteiger partial charge in [0, 0.05) is 9.53 Å². The zero-order valence-electron chi connectivity index (χ0n) is 49.0. The van der Waals surface area contributed by atoms with E-state index in [1.54, 1.807) is 0 Å². The normalized spacial score (nSPS) is 25.5. The zero-order chi connectivity index (χ0) is 52.1. The Morgan fingerprint density at radius 2 is 1.12 bits per heavy atom. The Morgan fingerprint density at radius 3 is 1.93 bits per heavy atom. The van der Waals surface area contributed by atoms with Crippen LogP contribution in [0.3, 0.4) is 0 Å². The number of hydrogen-bond donors (Lipinski definition) is 0. The van der Waals surface area contributed by atoms with Crippen LogP contribution < -0.4 is 0 Å². The summed E-state index contributed by atoms with van der Waals surface area (Å²) in [6.07, 6.45) is 0. The predicted octanol–water partition coefficient (Wildman–Crippen LogP) is 11.3. The largest absolute Gasteiger partial charge is 0.0636 e. The van der Waals surface area contributed by atoms with Crippen molar-refractivity contribution in [3.8, 4) is 22.3 Å². The lowest BCUT2D eigenvalue weighted by molar-refractivity contribution is 0.715. The average Bonchev–Trinajstić information content (AvgIpc) is 3.64. The summed E-state index contributed by atoms with van der Waals surface area (Å²) in [5.41, 5.74) is -10.2. The third-order valence-electron chi connectivity index (χ3n) is 7.31. The van der Waals surface area contributed by atoms with Crippen LogP contribution in [0.15, 0.2) is 151 Å². The predicted molar refractivity (Wildman–Crippen MR) is 179 cm³/mol. The van der Waals surface area contributed by atoms with Crippen LogP contribution in [0.2, 0.25) is 0 Å². The second kappa shape index (κ2) is 8.65. The van der Waals surface area contributed by atoms with Crippen LogP contribution in [-0.4, -0.2) is 0 Å². The van der Waals surface area contributed by atoms with Crippen LogP contribution in [0.4, 0.5) is 0 Å². The molecule has 42 heavy (non-hydrogen) atoms. The maximum Gasteiger partial charge on any atom is 0.0636 e. The molecule has 0 saturated heterocycles. The molecular weight excluding hydrogens is 504 g/mol. The highest BCUT2D eigenvalue weighted by atomic mass is 14.4. The molecule has 0 heterocycles. The molecule has 0 nitrogen and oxygen atoms in total. The van der Waals surface area contributed by atoms with Gasteiger partial charge in [-0.3, -0.25) is 0 Å². The van der Waals surface area contributed by atoms with Crippen molar-refractivity contribution < 1.29 is 38.4 Å². The quantitative estimate of drug-likeness (QED) is 0.146. The Bertz CT molecular complexity index is 3840. The summed E-state index contributed by atoms with van der Waals surface area (Å²) in [6, 6.07) is -25.3. The van der Waals surface area contributed by atoms with Crippen LogP contribution in [0.1, 0.15) is 61.9 Å². The summed E-state index contributed by atoms with van der Waals surface area (Å²) in [5.74, 6) is 0. The molecule has 1 aliphatic carbocycles. The molecule has 0 bridgehead atoms. The van der Waals surface area contributed by atoms with Gasteiger partial charge in [-0.05, 0) is 113 Å². The van der Waals surface area contributed by atoms with Gasteiger partial charge in [-0.25, -0.2) is 0 Å². The van der Waals surface area contributed by atoms with Crippen molar-refractivity contribution in [3.05, 3.63) is 168 Å². The minimum atomic E-state index is -3.92. The van der Waals surface area contributed by atoms with Crippen molar-refractivity contribution in [1.82, 2.24) is 0 Å². The van der Waals surface area contributed by atoms with Gasteiger partial charge >= 0.3 is 0 Å². The van der Waals surface area contributed by atoms with E-state index in [2.05, 4.69) is 0 Å². The molecule has 9 rings (SSSR count). The average molecular weight is 561 g/mol. The number of benzene rings is 8. The third-order valence-corrected chi connectivity index (χ3v) is 7.31. The molecule has 8 aromatic rings. The molecule has 0 saturated carbocycles. The van der Waals surface area contributed by atoms with Crippen molar-refractivity contribution in [2.24, 2.45) is 0 Å². The lowest BCUT2D eigenvalue weighted by Crippen LogP contribution is -2.22. The molecule has 0 aromatic heterocycles. The molecule has 0 N–H and O–H groups in total. The molecule has 0 aliphatic heterocycles. The van der Waals surface area contributed by atoms with Gasteiger partial charge in [0.2, 0.25) is 0 Å². The number of hydrogen-bond acceptors (Lipinski definition) is 0. The maximum absolute atomic E-state index is 10.2. The van der Waals surface area contributed by atoms with Gasteiger partial charge in [0.05, 0.1) is 34.3 Å². The molecule has 8 aromatic carbocycles. The van der Waals surface area contributed by atoms with Crippen molar-refractivity contribution in [2.75, 3.05) is 0 Å². The SMILES string of the molecule is [2H]c1c([2H])c([2H])c(C2(C([2H])([2H])[2H])c3c([2H])c(-c4c5c([2H])c([2H])c([2H])c([2H])c5c([2H])c5c4c([2H])c([2H])c4c([2H])c([2H])c([2H])c([2H])c45)c([2H])c([2H])c3-c3c2c([2H])c2c([2H])c([2H])c([2H])c([2H])c2c3[2H])c([2H])c1[2H]. The lowest BCUT2D eigenvalue weighted by atomic mass is 9.73. The third kappa shape index (κ3) is 3.18. The van der Waals surface area contributed by atoms with Gasteiger partial charge in [-0.15, -0.1) is 0 Å². The zero-order valence-corrected chi connectivity index (χ0v) is 21.0. The van der Waals surface area contributed by atoms with E-state index in [0.29, 0.717) is 0 Å². The maximum atomic E-state index is 10.2. The van der Waals surface area contributed by atoms with Gasteiger partial charge in [0.25, 0.3) is 0 Å². The van der Waals surface area contributed by atoms with E-state index in [4.69, 9.17) is 20.6 Å². The second-order valence-electron chi connectivity index (χ2n) is 9.50. The summed E-state index contributed by atoms with van der Waals surface area (Å²) in [4.78, 5) is 0. The summed E-state index contributed by atoms with van der Waals surface area (Å²) >= 11 is 0. The van der Waals surface area contributed by atoms with E-state index in [-0.39, 0.29) is 0 Å². The second-order valence-corrected chi connectivity index (χ2v) is 9.50. The van der Waals surface area contributed by atoms with Gasteiger partial charge in [-0.2, -0.15) is 0 Å². The molecule has 0 amide bonds. The van der Waals surface area contributed by atoms with Crippen molar-refractivity contribution in [2.45, 2.75) is 12.3 Å². The Labute approximate surface area is 284 Å². The number of rotatable bonds is 2. The topological polar surface area (TPSA) is 0 Å². The Balaban J connectivity index is 1.69. The van der Waals surface area contributed by atoms with E-state index < -0.39 is 245 Å². The first-order chi connectivity index (χ1) is 32.4. The van der Waals surface area contributed by atoms with E-state index >= 15 is 0 Å². The van der Waals surface area contributed by atoms with Gasteiger partial charge in [0.1, 0.15) is 0 Å². The molecule has 196 valence electrons. The van der Waals surface area contributed by atoms with Crippen molar-refractivity contribution in [1.29, 1.82) is 0 Å². The van der Waals surface area contributed by atoms with Crippen LogP contribution in [0.25, 0.3) is 65.3 Å². The van der Waals surface area contributed by atoms with Crippen LogP contribution in [0.5, 0.6) is 0 Å². The monoisotopic (exact) mass is 560 g/mol. The van der Waals surface area contributed by atoms with Crippen LogP contribution >= 0.6 is 0 Å². The van der Waals surface area contributed by atoms with Crippen LogP contribution in [-0.2, 0) is 5.41 Å². The van der Waals surface area contributed by atoms with E-state index in [0.717, 1.165) is 0 Å². The fourth-order valence-corrected chi connectivity index (χ4v) is 5.47. The molecule has 1 unspecified atom stereocenters. The Hall–Kier alpha value is -5.20. The highest BCUT2D eigenvalue weighted by molar-refractivity contribution is 6.20. The molecular formula is C42H28. The highest BCUT2D eigenvalue weighted by Crippen LogP contribution is 2.54. The molecule has 1 atom stereocenters. The van der Waals surface area contributed by atoms with Crippen molar-refractivity contribution in [3.63, 3.8) is 0 Å². The standard InChI is InChI=1S/C42H28/c1-42(32-15-3-2-4-16-32)39-26-31(20-21-35(39)38-23-28-12-5-6-13-29(28)25-40(38)42)41-34-18-10-8-14-30(34)24-37-33-17-9-7-11-27(33)19-22-36(37)41/h2-26H,1H3/i1D3,2D,3D,4D,5D,6D,7D,8D,9D,10D,11D,12D,13D,14D,15D,16D,17D,18D,19D,20D,21D,22D,23D,24D,25D,26D. The smallest absolute Gasteiger partial charge is 0.0622 e. The summed E-state index contributed by atoms with van der Waals surface area (Å²) in [7, 11) is 0. The molecule has 0 heteroatoms. The minimum absolute atomic E-state index is 0.610. The number of fused-ring (bicyclic) bond motifs is 8. The fraction of sp³-hybridized carbons (Fsp3) is 0.0476. The summed E-state index contributed by atoms with van der Waals surface area (Å²) < 4.78 is 254. The van der Waals surface area contributed by atoms with E-state index in [1.807, 2.05) is 0 Å². The minimum Gasteiger partial charge on any atom is -0.0622 e. The first-order valence-corrected chi connectivity index (χ1v) is 12.5. The first kappa shape index (κ1) is 8.90. The summed E-state index contributed by atoms with van der Waals surface area (Å²) in [6.45, 7) is -3.92. The molecule has 1 aliphatic rings. The fourth-order valence-electron chi connectivity index (χ4n) is 5.47. The molecule has 0 spiro atoms. The van der Waals surface area contributed by atoms with Crippen molar-refractivity contribution >= 4 is 43.1 Å². The van der Waals surface area contributed by atoms with E-state index in [1.165, 1.54) is 0 Å². The van der Waals surface area contributed by atoms with Gasteiger partial charge < -0.3 is 0 Å². The Kier molecular flexibility index (Phi) is 1.83. The first-order valence-electron chi connectivity index (χ1n) is 26.5. The molecule has 0 radical (unpaired) electrons. The Morgan fingerprint density at radius 1 is 0.452 bits per heavy atom. The van der Waals surface area contributed by atoms with Crippen LogP contribution in [0, 0.1) is 0 Å². The molecule has 0 fully saturated rings. The lowest BCUT2D eigenvalue weighted by Gasteiger charge is -2.29.